The van der Waals surface area contributed by atoms with Crippen LogP contribution in [0.1, 0.15) is 24.5 Å². The molecule has 1 N–H and O–H groups in total. The molecule has 0 spiro atoms. The zero-order valence-electron chi connectivity index (χ0n) is 12.2. The molecule has 2 aromatic rings. The lowest BCUT2D eigenvalue weighted by molar-refractivity contribution is -0.144. The molecule has 1 heterocycles. The van der Waals surface area contributed by atoms with Crippen LogP contribution in [0.3, 0.4) is 0 Å². The fourth-order valence-electron chi connectivity index (χ4n) is 2.75. The van der Waals surface area contributed by atoms with E-state index in [1.807, 2.05) is 36.4 Å². The number of aromatic hydroxyl groups is 1. The largest absolute Gasteiger partial charge is 0.508 e. The maximum absolute atomic E-state index is 9.50. The highest BCUT2D eigenvalue weighted by Crippen LogP contribution is 2.44. The van der Waals surface area contributed by atoms with Crippen molar-refractivity contribution in [3.63, 3.8) is 0 Å². The molecule has 21 heavy (non-hydrogen) atoms. The number of phenols is 1. The van der Waals surface area contributed by atoms with Crippen molar-refractivity contribution in [2.75, 3.05) is 7.11 Å². The fraction of sp³-hybridized carbons (Fsp3) is 0.222. The van der Waals surface area contributed by atoms with E-state index in [1.165, 1.54) is 0 Å². The lowest BCUT2D eigenvalue weighted by Crippen LogP contribution is -2.39. The zero-order chi connectivity index (χ0) is 14.9. The van der Waals surface area contributed by atoms with Gasteiger partial charge in [0.05, 0.1) is 0 Å². The number of fused-ring (bicyclic) bond motifs is 1. The van der Waals surface area contributed by atoms with Gasteiger partial charge in [-0.1, -0.05) is 25.1 Å². The Morgan fingerprint density at radius 1 is 1.10 bits per heavy atom. The first-order valence-corrected chi connectivity index (χ1v) is 7.03. The van der Waals surface area contributed by atoms with Gasteiger partial charge in [-0.05, 0) is 42.8 Å². The number of para-hydroxylation sites is 1. The third-order valence-electron chi connectivity index (χ3n) is 3.84. The third-order valence-corrected chi connectivity index (χ3v) is 3.84. The van der Waals surface area contributed by atoms with Crippen molar-refractivity contribution >= 4 is 6.08 Å². The Morgan fingerprint density at radius 2 is 1.81 bits per heavy atom. The summed E-state index contributed by atoms with van der Waals surface area (Å²) in [5.74, 6) is 0.0874. The Labute approximate surface area is 124 Å². The van der Waals surface area contributed by atoms with E-state index in [1.54, 1.807) is 19.2 Å². The first kappa shape index (κ1) is 13.7. The van der Waals surface area contributed by atoms with Gasteiger partial charge in [0.1, 0.15) is 11.5 Å². The van der Waals surface area contributed by atoms with Crippen molar-refractivity contribution in [3.05, 3.63) is 65.2 Å². The normalized spacial score (nSPS) is 20.4. The predicted octanol–water partition coefficient (Wildman–Crippen LogP) is 4.08. The minimum atomic E-state index is -0.934. The van der Waals surface area contributed by atoms with E-state index in [2.05, 4.69) is 13.0 Å². The predicted molar refractivity (Wildman–Crippen MR) is 82.1 cm³/mol. The molecule has 1 atom stereocenters. The molecule has 0 fully saturated rings. The summed E-state index contributed by atoms with van der Waals surface area (Å²) in [6.07, 6.45) is 2.93. The number of hydrogen-bond acceptors (Lipinski definition) is 3. The monoisotopic (exact) mass is 282 g/mol. The van der Waals surface area contributed by atoms with Gasteiger partial charge in [0.25, 0.3) is 5.79 Å². The molecule has 0 radical (unpaired) electrons. The summed E-state index contributed by atoms with van der Waals surface area (Å²) in [5.41, 5.74) is 2.97. The minimum absolute atomic E-state index is 0.225. The quantitative estimate of drug-likeness (QED) is 0.922. The highest BCUT2D eigenvalue weighted by Gasteiger charge is 2.41. The number of ether oxygens (including phenoxy) is 2. The molecular weight excluding hydrogens is 264 g/mol. The second-order valence-electron chi connectivity index (χ2n) is 5.03. The summed E-state index contributed by atoms with van der Waals surface area (Å²) in [6.45, 7) is 2.08. The van der Waals surface area contributed by atoms with Gasteiger partial charge >= 0.3 is 0 Å². The second kappa shape index (κ2) is 5.26. The summed E-state index contributed by atoms with van der Waals surface area (Å²) >= 11 is 0. The Hall–Kier alpha value is -2.26. The molecule has 1 unspecified atom stereocenters. The van der Waals surface area contributed by atoms with Crippen molar-refractivity contribution in [3.8, 4) is 11.5 Å². The highest BCUT2D eigenvalue weighted by molar-refractivity contribution is 5.64. The molecule has 3 heteroatoms. The Kier molecular flexibility index (Phi) is 3.43. The smallest absolute Gasteiger partial charge is 0.260 e. The minimum Gasteiger partial charge on any atom is -0.508 e. The number of methoxy groups -OCH3 is 1. The van der Waals surface area contributed by atoms with Crippen LogP contribution in [0.4, 0.5) is 0 Å². The van der Waals surface area contributed by atoms with Gasteiger partial charge in [-0.3, -0.25) is 0 Å². The van der Waals surface area contributed by atoms with Gasteiger partial charge in [-0.15, -0.1) is 0 Å². The van der Waals surface area contributed by atoms with Gasteiger partial charge in [-0.25, -0.2) is 0 Å². The third kappa shape index (κ3) is 2.20. The molecule has 1 aliphatic heterocycles. The fourth-order valence-corrected chi connectivity index (χ4v) is 2.75. The van der Waals surface area contributed by atoms with Crippen LogP contribution in [-0.2, 0) is 10.5 Å². The van der Waals surface area contributed by atoms with Crippen LogP contribution in [0.5, 0.6) is 11.5 Å². The first-order chi connectivity index (χ1) is 10.2. The summed E-state index contributed by atoms with van der Waals surface area (Å²) in [4.78, 5) is 0. The van der Waals surface area contributed by atoms with Gasteiger partial charge < -0.3 is 14.6 Å². The standard InChI is InChI=1S/C18H18O3/c1-3-14-12-13-6-4-5-7-17(13)21-18(14,20-2)15-8-10-16(19)11-9-15/h4-12,19H,3H2,1-2H3. The summed E-state index contributed by atoms with van der Waals surface area (Å²) in [5, 5.41) is 9.50. The van der Waals surface area contributed by atoms with E-state index in [4.69, 9.17) is 9.47 Å². The van der Waals surface area contributed by atoms with E-state index < -0.39 is 5.79 Å². The summed E-state index contributed by atoms with van der Waals surface area (Å²) in [7, 11) is 1.64. The maximum Gasteiger partial charge on any atom is 0.260 e. The van der Waals surface area contributed by atoms with Gasteiger partial charge in [-0.2, -0.15) is 0 Å². The Balaban J connectivity index is 2.16. The number of rotatable bonds is 3. The van der Waals surface area contributed by atoms with Crippen LogP contribution in [0.2, 0.25) is 0 Å². The van der Waals surface area contributed by atoms with Crippen LogP contribution in [-0.4, -0.2) is 12.2 Å². The molecule has 108 valence electrons. The van der Waals surface area contributed by atoms with E-state index in [-0.39, 0.29) is 5.75 Å². The van der Waals surface area contributed by atoms with Crippen LogP contribution in [0, 0.1) is 0 Å². The highest BCUT2D eigenvalue weighted by atomic mass is 16.7. The van der Waals surface area contributed by atoms with Crippen molar-refractivity contribution in [2.45, 2.75) is 19.1 Å². The van der Waals surface area contributed by atoms with E-state index in [9.17, 15) is 5.11 Å². The Morgan fingerprint density at radius 3 is 2.48 bits per heavy atom. The molecule has 0 aromatic heterocycles. The lowest BCUT2D eigenvalue weighted by atomic mass is 9.90. The molecule has 0 amide bonds. The van der Waals surface area contributed by atoms with Crippen LogP contribution in [0.15, 0.2) is 54.1 Å². The average Bonchev–Trinajstić information content (AvgIpc) is 2.54. The molecule has 3 nitrogen and oxygen atoms in total. The number of benzene rings is 2. The zero-order valence-corrected chi connectivity index (χ0v) is 12.2. The average molecular weight is 282 g/mol. The first-order valence-electron chi connectivity index (χ1n) is 7.03. The van der Waals surface area contributed by atoms with Crippen molar-refractivity contribution in [1.29, 1.82) is 0 Å². The van der Waals surface area contributed by atoms with E-state index in [0.717, 1.165) is 28.9 Å². The summed E-state index contributed by atoms with van der Waals surface area (Å²) < 4.78 is 12.0. The number of hydrogen-bond donors (Lipinski definition) is 1. The van der Waals surface area contributed by atoms with E-state index >= 15 is 0 Å². The molecule has 2 aromatic carbocycles. The van der Waals surface area contributed by atoms with Crippen molar-refractivity contribution in [2.24, 2.45) is 0 Å². The molecule has 0 aliphatic carbocycles. The number of phenolic OH excluding ortho intramolecular Hbond substituents is 1. The van der Waals surface area contributed by atoms with Gasteiger partial charge in [0.15, 0.2) is 0 Å². The van der Waals surface area contributed by atoms with Crippen LogP contribution >= 0.6 is 0 Å². The molecule has 1 aliphatic rings. The van der Waals surface area contributed by atoms with Crippen LogP contribution in [0.25, 0.3) is 6.08 Å². The SMILES string of the molecule is CCC1=Cc2ccccc2OC1(OC)c1ccc(O)cc1. The van der Waals surface area contributed by atoms with Crippen molar-refractivity contribution < 1.29 is 14.6 Å². The molecule has 0 bridgehead atoms. The molecule has 0 saturated heterocycles. The molecule has 3 rings (SSSR count). The molecular formula is C18H18O3. The lowest BCUT2D eigenvalue weighted by Gasteiger charge is -2.38. The van der Waals surface area contributed by atoms with Gasteiger partial charge in [0.2, 0.25) is 0 Å². The Bertz CT molecular complexity index is 673. The summed E-state index contributed by atoms with van der Waals surface area (Å²) in [6, 6.07) is 14.9. The molecule has 0 saturated carbocycles. The van der Waals surface area contributed by atoms with Crippen molar-refractivity contribution in [1.82, 2.24) is 0 Å². The van der Waals surface area contributed by atoms with Gasteiger partial charge in [0, 0.05) is 23.8 Å². The van der Waals surface area contributed by atoms with E-state index in [0.29, 0.717) is 0 Å². The van der Waals surface area contributed by atoms with Crippen LogP contribution < -0.4 is 4.74 Å². The maximum atomic E-state index is 9.50. The second-order valence-corrected chi connectivity index (χ2v) is 5.03. The topological polar surface area (TPSA) is 38.7 Å².